The molecule has 1 atom stereocenters. The van der Waals surface area contributed by atoms with E-state index < -0.39 is 0 Å². The number of nitrogens with zero attached hydrogens (tertiary/aromatic N) is 1. The van der Waals surface area contributed by atoms with Crippen LogP contribution >= 0.6 is 0 Å². The fourth-order valence-corrected chi connectivity index (χ4v) is 3.78. The predicted octanol–water partition coefficient (Wildman–Crippen LogP) is 4.84. The Balaban J connectivity index is 1.72. The highest BCUT2D eigenvalue weighted by Gasteiger charge is 2.28. The van der Waals surface area contributed by atoms with E-state index in [2.05, 4.69) is 83.8 Å². The molecule has 1 aliphatic rings. The first-order valence-electron chi connectivity index (χ1n) is 8.85. The molecule has 0 spiro atoms. The van der Waals surface area contributed by atoms with E-state index in [1.54, 1.807) is 7.11 Å². The van der Waals surface area contributed by atoms with Crippen LogP contribution in [0.4, 0.5) is 0 Å². The third kappa shape index (κ3) is 3.31. The van der Waals surface area contributed by atoms with E-state index >= 15 is 0 Å². The maximum Gasteiger partial charge on any atom is 0.118 e. The van der Waals surface area contributed by atoms with Gasteiger partial charge in [-0.25, -0.2) is 0 Å². The smallest absolute Gasteiger partial charge is 0.118 e. The fraction of sp³-hybridized carbons (Fsp3) is 0.217. The van der Waals surface area contributed by atoms with Crippen LogP contribution in [-0.2, 0) is 13.0 Å². The van der Waals surface area contributed by atoms with E-state index in [0.29, 0.717) is 0 Å². The Morgan fingerprint density at radius 3 is 2.36 bits per heavy atom. The number of methoxy groups -OCH3 is 1. The second kappa shape index (κ2) is 7.12. The van der Waals surface area contributed by atoms with Gasteiger partial charge in [-0.3, -0.25) is 4.90 Å². The fourth-order valence-electron chi connectivity index (χ4n) is 3.78. The molecule has 0 bridgehead atoms. The van der Waals surface area contributed by atoms with Crippen molar-refractivity contribution in [3.63, 3.8) is 0 Å². The molecule has 0 aromatic heterocycles. The summed E-state index contributed by atoms with van der Waals surface area (Å²) >= 11 is 0. The summed E-state index contributed by atoms with van der Waals surface area (Å²) in [5, 5.41) is 0. The van der Waals surface area contributed by atoms with Crippen molar-refractivity contribution in [1.29, 1.82) is 0 Å². The number of fused-ring (bicyclic) bond motifs is 1. The van der Waals surface area contributed by atoms with Gasteiger partial charge in [0.15, 0.2) is 0 Å². The van der Waals surface area contributed by atoms with Crippen molar-refractivity contribution in [2.45, 2.75) is 19.0 Å². The summed E-state index contributed by atoms with van der Waals surface area (Å²) in [6, 6.07) is 28.4. The van der Waals surface area contributed by atoms with Crippen LogP contribution in [0.15, 0.2) is 78.9 Å². The van der Waals surface area contributed by atoms with Gasteiger partial charge in [0.25, 0.3) is 0 Å². The maximum absolute atomic E-state index is 5.33. The summed E-state index contributed by atoms with van der Waals surface area (Å²) in [6.45, 7) is 2.04. The topological polar surface area (TPSA) is 12.5 Å². The molecule has 0 amide bonds. The van der Waals surface area contributed by atoms with Crippen molar-refractivity contribution >= 4 is 0 Å². The molecule has 126 valence electrons. The lowest BCUT2D eigenvalue weighted by Gasteiger charge is -2.38. The van der Waals surface area contributed by atoms with Crippen LogP contribution < -0.4 is 4.74 Å². The molecule has 25 heavy (non-hydrogen) atoms. The Hall–Kier alpha value is -2.58. The predicted molar refractivity (Wildman–Crippen MR) is 102 cm³/mol. The number of hydrogen-bond acceptors (Lipinski definition) is 2. The van der Waals surface area contributed by atoms with Crippen molar-refractivity contribution in [2.75, 3.05) is 13.7 Å². The summed E-state index contributed by atoms with van der Waals surface area (Å²) < 4.78 is 5.33. The summed E-state index contributed by atoms with van der Waals surface area (Å²) in [7, 11) is 1.71. The van der Waals surface area contributed by atoms with Crippen molar-refractivity contribution in [2.24, 2.45) is 0 Å². The van der Waals surface area contributed by atoms with E-state index in [-0.39, 0.29) is 6.04 Å². The highest BCUT2D eigenvalue weighted by Crippen LogP contribution is 2.36. The van der Waals surface area contributed by atoms with Gasteiger partial charge >= 0.3 is 0 Å². The minimum absolute atomic E-state index is 0.288. The maximum atomic E-state index is 5.33. The molecule has 3 aromatic rings. The molecule has 2 heteroatoms. The quantitative estimate of drug-likeness (QED) is 0.679. The van der Waals surface area contributed by atoms with Gasteiger partial charge < -0.3 is 4.74 Å². The molecule has 0 fully saturated rings. The second-order valence-electron chi connectivity index (χ2n) is 6.58. The average Bonchev–Trinajstić information content (AvgIpc) is 2.69. The zero-order valence-electron chi connectivity index (χ0n) is 14.6. The lowest BCUT2D eigenvalue weighted by atomic mass is 9.88. The van der Waals surface area contributed by atoms with Crippen LogP contribution in [0.3, 0.4) is 0 Å². The molecule has 0 aliphatic carbocycles. The van der Waals surface area contributed by atoms with Gasteiger partial charge in [0.2, 0.25) is 0 Å². The average molecular weight is 329 g/mol. The van der Waals surface area contributed by atoms with E-state index in [1.807, 2.05) is 0 Å². The molecule has 1 unspecified atom stereocenters. The van der Waals surface area contributed by atoms with Crippen molar-refractivity contribution in [3.8, 4) is 5.75 Å². The van der Waals surface area contributed by atoms with Gasteiger partial charge in [0.05, 0.1) is 13.2 Å². The molecule has 2 nitrogen and oxygen atoms in total. The van der Waals surface area contributed by atoms with Gasteiger partial charge in [0, 0.05) is 13.1 Å². The molecular weight excluding hydrogens is 306 g/mol. The van der Waals surface area contributed by atoms with Crippen molar-refractivity contribution in [3.05, 3.63) is 101 Å². The van der Waals surface area contributed by atoms with Gasteiger partial charge in [-0.2, -0.15) is 0 Å². The zero-order chi connectivity index (χ0) is 17.1. The lowest BCUT2D eigenvalue weighted by Crippen LogP contribution is -2.35. The number of hydrogen-bond donors (Lipinski definition) is 0. The zero-order valence-corrected chi connectivity index (χ0v) is 14.6. The first-order chi connectivity index (χ1) is 12.3. The van der Waals surface area contributed by atoms with Crippen LogP contribution in [0.25, 0.3) is 0 Å². The molecule has 3 aromatic carbocycles. The highest BCUT2D eigenvalue weighted by molar-refractivity contribution is 5.41. The molecular formula is C23H23NO. The van der Waals surface area contributed by atoms with Gasteiger partial charge in [-0.1, -0.05) is 66.7 Å². The van der Waals surface area contributed by atoms with Gasteiger partial charge in [0.1, 0.15) is 5.75 Å². The normalized spacial score (nSPS) is 17.1. The number of benzene rings is 3. The molecule has 0 N–H and O–H groups in total. The third-order valence-corrected chi connectivity index (χ3v) is 5.04. The summed E-state index contributed by atoms with van der Waals surface area (Å²) in [5.74, 6) is 0.905. The number of ether oxygens (including phenoxy) is 1. The highest BCUT2D eigenvalue weighted by atomic mass is 16.5. The Bertz CT molecular complexity index is 826. The minimum atomic E-state index is 0.288. The van der Waals surface area contributed by atoms with Crippen molar-refractivity contribution in [1.82, 2.24) is 4.90 Å². The molecule has 4 rings (SSSR count). The first kappa shape index (κ1) is 15.9. The lowest BCUT2D eigenvalue weighted by molar-refractivity contribution is 0.204. The largest absolute Gasteiger partial charge is 0.497 e. The van der Waals surface area contributed by atoms with Gasteiger partial charge in [-0.15, -0.1) is 0 Å². The minimum Gasteiger partial charge on any atom is -0.497 e. The van der Waals surface area contributed by atoms with E-state index in [1.165, 1.54) is 22.3 Å². The summed E-state index contributed by atoms with van der Waals surface area (Å²) in [6.07, 6.45) is 1.11. The molecule has 1 aliphatic heterocycles. The Labute approximate surface area is 149 Å². The monoisotopic (exact) mass is 329 g/mol. The van der Waals surface area contributed by atoms with Crippen molar-refractivity contribution < 1.29 is 4.74 Å². The van der Waals surface area contributed by atoms with E-state index in [9.17, 15) is 0 Å². The third-order valence-electron chi connectivity index (χ3n) is 5.04. The number of rotatable bonds is 4. The Kier molecular flexibility index (Phi) is 4.53. The molecule has 0 radical (unpaired) electrons. The van der Waals surface area contributed by atoms with Crippen LogP contribution in [0.2, 0.25) is 0 Å². The van der Waals surface area contributed by atoms with Crippen LogP contribution in [0.5, 0.6) is 5.75 Å². The Morgan fingerprint density at radius 1 is 0.880 bits per heavy atom. The van der Waals surface area contributed by atoms with Crippen LogP contribution in [0, 0.1) is 0 Å². The second-order valence-corrected chi connectivity index (χ2v) is 6.58. The summed E-state index contributed by atoms with van der Waals surface area (Å²) in [4.78, 5) is 2.58. The van der Waals surface area contributed by atoms with Crippen LogP contribution in [0.1, 0.15) is 28.3 Å². The standard InChI is InChI=1S/C23H23NO/c1-25-21-13-11-20(12-14-21)23-22-10-6-5-9-19(22)15-16-24(23)17-18-7-3-2-4-8-18/h2-14,23H,15-17H2,1H3. The SMILES string of the molecule is COc1ccc(C2c3ccccc3CCN2Cc2ccccc2)cc1. The van der Waals surface area contributed by atoms with E-state index in [0.717, 1.165) is 25.3 Å². The first-order valence-corrected chi connectivity index (χ1v) is 8.85. The van der Waals surface area contributed by atoms with Gasteiger partial charge in [-0.05, 0) is 40.8 Å². The molecule has 0 saturated carbocycles. The molecule has 0 saturated heterocycles. The van der Waals surface area contributed by atoms with Crippen LogP contribution in [-0.4, -0.2) is 18.6 Å². The summed E-state index contributed by atoms with van der Waals surface area (Å²) in [5.41, 5.74) is 5.58. The van der Waals surface area contributed by atoms with E-state index in [4.69, 9.17) is 4.74 Å². The molecule has 1 heterocycles. The Morgan fingerprint density at radius 2 is 1.60 bits per heavy atom.